The number of pyridine rings is 1. The molecule has 0 radical (unpaired) electrons. The second kappa shape index (κ2) is 7.40. The van der Waals surface area contributed by atoms with Crippen LogP contribution in [0, 0.1) is 17.1 Å². The summed E-state index contributed by atoms with van der Waals surface area (Å²) < 4.78 is 19.5. The van der Waals surface area contributed by atoms with Crippen molar-refractivity contribution in [1.29, 1.82) is 5.26 Å². The Hall–Kier alpha value is -4.25. The summed E-state index contributed by atoms with van der Waals surface area (Å²) in [5, 5.41) is 9.27. The molecule has 7 nitrogen and oxygen atoms in total. The first-order valence-electron chi connectivity index (χ1n) is 8.60. The zero-order valence-corrected chi connectivity index (χ0v) is 15.3. The first-order valence-corrected chi connectivity index (χ1v) is 8.60. The van der Waals surface area contributed by atoms with Crippen LogP contribution in [0.25, 0.3) is 10.9 Å². The number of anilines is 2. The maximum Gasteiger partial charge on any atom is 0.302 e. The lowest BCUT2D eigenvalue weighted by Crippen LogP contribution is -2.10. The summed E-state index contributed by atoms with van der Waals surface area (Å²) in [7, 11) is 1.78. The molecule has 4 aromatic rings. The lowest BCUT2D eigenvalue weighted by molar-refractivity contribution is 0.443. The van der Waals surface area contributed by atoms with Gasteiger partial charge in [0.25, 0.3) is 5.56 Å². The zero-order valence-electron chi connectivity index (χ0n) is 15.3. The molecule has 1 N–H and O–H groups in total. The van der Waals surface area contributed by atoms with E-state index < -0.39 is 5.82 Å². The Labute approximate surface area is 164 Å². The van der Waals surface area contributed by atoms with Crippen molar-refractivity contribution in [2.45, 2.75) is 0 Å². The number of halogens is 1. The molecule has 8 heteroatoms. The van der Waals surface area contributed by atoms with Crippen molar-refractivity contribution in [3.63, 3.8) is 0 Å². The van der Waals surface area contributed by atoms with Gasteiger partial charge in [-0.15, -0.1) is 0 Å². The molecule has 0 unspecified atom stereocenters. The number of ether oxygens (including phenoxy) is 1. The van der Waals surface area contributed by atoms with Crippen molar-refractivity contribution in [3.8, 4) is 17.8 Å². The van der Waals surface area contributed by atoms with Crippen molar-refractivity contribution in [2.75, 3.05) is 11.9 Å². The molecule has 0 aliphatic heterocycles. The first kappa shape index (κ1) is 18.1. The van der Waals surface area contributed by atoms with Gasteiger partial charge in [0, 0.05) is 24.6 Å². The van der Waals surface area contributed by atoms with Crippen molar-refractivity contribution in [2.24, 2.45) is 0 Å². The lowest BCUT2D eigenvalue weighted by atomic mass is 10.2. The number of hydrogen-bond donors (Lipinski definition) is 1. The second-order valence-electron chi connectivity index (χ2n) is 6.19. The molecule has 0 aliphatic carbocycles. The number of H-pyrrole nitrogens is 1. The maximum absolute atomic E-state index is 13.9. The molecule has 0 atom stereocenters. The van der Waals surface area contributed by atoms with Crippen LogP contribution in [-0.4, -0.2) is 22.0 Å². The normalized spacial score (nSPS) is 10.5. The second-order valence-corrected chi connectivity index (χ2v) is 6.19. The van der Waals surface area contributed by atoms with E-state index in [1.54, 1.807) is 54.4 Å². The minimum Gasteiger partial charge on any atom is -0.426 e. The summed E-state index contributed by atoms with van der Waals surface area (Å²) in [5.74, 6) is -0.0998. The van der Waals surface area contributed by atoms with E-state index in [9.17, 15) is 9.18 Å². The summed E-state index contributed by atoms with van der Waals surface area (Å²) in [6.07, 6.45) is 3.01. The topological polar surface area (TPSA) is 94.9 Å². The zero-order chi connectivity index (χ0) is 20.4. The number of fused-ring (bicyclic) bond motifs is 1. The fourth-order valence-corrected chi connectivity index (χ4v) is 2.82. The molecule has 0 saturated heterocycles. The Bertz CT molecular complexity index is 1300. The predicted molar refractivity (Wildman–Crippen MR) is 106 cm³/mol. The fourth-order valence-electron chi connectivity index (χ4n) is 2.82. The van der Waals surface area contributed by atoms with Crippen LogP contribution in [0.4, 0.5) is 15.8 Å². The molecule has 2 aromatic heterocycles. The van der Waals surface area contributed by atoms with Crippen LogP contribution in [0.3, 0.4) is 0 Å². The molecule has 4 rings (SSSR count). The van der Waals surface area contributed by atoms with Crippen LogP contribution in [0.2, 0.25) is 0 Å². The van der Waals surface area contributed by atoms with Crippen molar-refractivity contribution in [3.05, 3.63) is 82.7 Å². The average molecular weight is 387 g/mol. The summed E-state index contributed by atoms with van der Waals surface area (Å²) in [6, 6.07) is 14.8. The van der Waals surface area contributed by atoms with Gasteiger partial charge in [-0.1, -0.05) is 0 Å². The molecule has 29 heavy (non-hydrogen) atoms. The van der Waals surface area contributed by atoms with E-state index in [1.807, 2.05) is 0 Å². The lowest BCUT2D eigenvalue weighted by Gasteiger charge is -2.20. The standard InChI is InChI=1S/C21H14FN5O2/c1-27(15-3-2-13(11-23)18(22)10-15)14-4-6-16(7-5-14)29-21-25-19-12-24-9-8-17(19)20(28)26-21/h2-10,12H,1H3,(H,25,26,28). The highest BCUT2D eigenvalue weighted by atomic mass is 19.1. The van der Waals surface area contributed by atoms with E-state index in [0.717, 1.165) is 5.69 Å². The number of benzene rings is 2. The molecule has 0 spiro atoms. The van der Waals surface area contributed by atoms with Gasteiger partial charge in [-0.2, -0.15) is 10.2 Å². The molecule has 0 fully saturated rings. The van der Waals surface area contributed by atoms with Gasteiger partial charge in [-0.25, -0.2) is 4.39 Å². The fraction of sp³-hybridized carbons (Fsp3) is 0.0476. The number of nitrogens with one attached hydrogen (secondary N) is 1. The van der Waals surface area contributed by atoms with Gasteiger partial charge in [0.05, 0.1) is 22.7 Å². The predicted octanol–water partition coefficient (Wildman–Crippen LogP) is 3.89. The number of aromatic amines is 1. The highest BCUT2D eigenvalue weighted by molar-refractivity contribution is 5.76. The van der Waals surface area contributed by atoms with Crippen molar-refractivity contribution >= 4 is 22.3 Å². The third kappa shape index (κ3) is 3.61. The highest BCUT2D eigenvalue weighted by Crippen LogP contribution is 2.28. The molecule has 0 bridgehead atoms. The summed E-state index contributed by atoms with van der Waals surface area (Å²) in [4.78, 5) is 24.7. The number of aromatic nitrogens is 3. The SMILES string of the molecule is CN(c1ccc(Oc2nc3cnccc3c(=O)[nH]2)cc1)c1ccc(C#N)c(F)c1. The maximum atomic E-state index is 13.9. The van der Waals surface area contributed by atoms with Crippen LogP contribution in [0.5, 0.6) is 11.8 Å². The van der Waals surface area contributed by atoms with Gasteiger partial charge < -0.3 is 9.64 Å². The van der Waals surface area contributed by atoms with Crippen molar-refractivity contribution in [1.82, 2.24) is 15.0 Å². The number of nitrogens with zero attached hydrogens (tertiary/aromatic N) is 4. The van der Waals surface area contributed by atoms with E-state index in [4.69, 9.17) is 10.00 Å². The van der Waals surface area contributed by atoms with Gasteiger partial charge in [-0.3, -0.25) is 14.8 Å². The highest BCUT2D eigenvalue weighted by Gasteiger charge is 2.10. The van der Waals surface area contributed by atoms with Gasteiger partial charge >= 0.3 is 6.01 Å². The number of nitriles is 1. The monoisotopic (exact) mass is 387 g/mol. The number of rotatable bonds is 4. The first-order chi connectivity index (χ1) is 14.0. The van der Waals surface area contributed by atoms with Gasteiger partial charge in [0.1, 0.15) is 17.6 Å². The molecule has 142 valence electrons. The molecule has 0 aliphatic rings. The average Bonchev–Trinajstić information content (AvgIpc) is 2.74. The Kier molecular flexibility index (Phi) is 4.63. The van der Waals surface area contributed by atoms with Gasteiger partial charge in [0.15, 0.2) is 0 Å². The molecule has 0 amide bonds. The minimum atomic E-state index is -0.572. The van der Waals surface area contributed by atoms with E-state index >= 15 is 0 Å². The Morgan fingerprint density at radius 3 is 2.62 bits per heavy atom. The van der Waals surface area contributed by atoms with E-state index in [1.165, 1.54) is 24.5 Å². The van der Waals surface area contributed by atoms with Crippen molar-refractivity contribution < 1.29 is 9.13 Å². The van der Waals surface area contributed by atoms with E-state index in [0.29, 0.717) is 22.3 Å². The van der Waals surface area contributed by atoms with Gasteiger partial charge in [0.2, 0.25) is 0 Å². The van der Waals surface area contributed by atoms with E-state index in [2.05, 4.69) is 15.0 Å². The number of hydrogen-bond acceptors (Lipinski definition) is 6. The molecular weight excluding hydrogens is 373 g/mol. The quantitative estimate of drug-likeness (QED) is 0.571. The summed E-state index contributed by atoms with van der Waals surface area (Å²) >= 11 is 0. The van der Waals surface area contributed by atoms with Crippen LogP contribution in [0.15, 0.2) is 65.7 Å². The molecular formula is C21H14FN5O2. The largest absolute Gasteiger partial charge is 0.426 e. The van der Waals surface area contributed by atoms with Crippen LogP contribution in [-0.2, 0) is 0 Å². The summed E-state index contributed by atoms with van der Waals surface area (Å²) in [5.41, 5.74) is 1.50. The molecule has 2 aromatic carbocycles. The third-order valence-electron chi connectivity index (χ3n) is 4.39. The Morgan fingerprint density at radius 1 is 1.14 bits per heavy atom. The van der Waals surface area contributed by atoms with E-state index in [-0.39, 0.29) is 17.1 Å². The summed E-state index contributed by atoms with van der Waals surface area (Å²) in [6.45, 7) is 0. The smallest absolute Gasteiger partial charge is 0.302 e. The Morgan fingerprint density at radius 2 is 1.90 bits per heavy atom. The van der Waals surface area contributed by atoms with Gasteiger partial charge in [-0.05, 0) is 48.5 Å². The van der Waals surface area contributed by atoms with Crippen LogP contribution < -0.4 is 15.2 Å². The molecule has 0 saturated carbocycles. The minimum absolute atomic E-state index is 0.00187. The third-order valence-corrected chi connectivity index (χ3v) is 4.39. The molecule has 2 heterocycles. The van der Waals surface area contributed by atoms with Crippen LogP contribution >= 0.6 is 0 Å². The van der Waals surface area contributed by atoms with Crippen LogP contribution in [0.1, 0.15) is 5.56 Å². The Balaban J connectivity index is 1.56.